The molecule has 0 atom stereocenters. The van der Waals surface area contributed by atoms with Crippen LogP contribution in [-0.4, -0.2) is 48.2 Å². The Bertz CT molecular complexity index is 760. The Labute approximate surface area is 184 Å². The van der Waals surface area contributed by atoms with Gasteiger partial charge in [-0.15, -0.1) is 24.0 Å². The number of nitrogens with zero attached hydrogens (tertiary/aromatic N) is 3. The molecule has 7 nitrogen and oxygen atoms in total. The van der Waals surface area contributed by atoms with Gasteiger partial charge in [-0.25, -0.2) is 4.98 Å². The number of halogens is 1. The van der Waals surface area contributed by atoms with Gasteiger partial charge in [-0.1, -0.05) is 12.1 Å². The highest BCUT2D eigenvalue weighted by Crippen LogP contribution is 2.15. The predicted octanol–water partition coefficient (Wildman–Crippen LogP) is 3.25. The Kier molecular flexibility index (Phi) is 11.5. The molecule has 28 heavy (non-hydrogen) atoms. The maximum Gasteiger partial charge on any atom is 0.305 e. The average molecular weight is 501 g/mol. The van der Waals surface area contributed by atoms with E-state index in [2.05, 4.69) is 42.9 Å². The SMILES string of the molecule is CCNC(=NCCCn1c(C)nc2ccccc21)NCCCCC(=O)OC.I. The molecule has 1 aromatic heterocycles. The van der Waals surface area contributed by atoms with Crippen LogP contribution in [0, 0.1) is 6.92 Å². The van der Waals surface area contributed by atoms with Gasteiger partial charge in [-0.3, -0.25) is 9.79 Å². The molecule has 0 aliphatic carbocycles. The molecule has 2 aromatic rings. The maximum atomic E-state index is 11.1. The molecule has 0 radical (unpaired) electrons. The summed E-state index contributed by atoms with van der Waals surface area (Å²) in [6.45, 7) is 7.34. The molecular formula is C20H32IN5O2. The number of carbonyl (C=O) groups is 1. The van der Waals surface area contributed by atoms with Crippen LogP contribution in [0.15, 0.2) is 29.3 Å². The van der Waals surface area contributed by atoms with Gasteiger partial charge < -0.3 is 19.9 Å². The van der Waals surface area contributed by atoms with Crippen molar-refractivity contribution in [2.45, 2.75) is 46.1 Å². The van der Waals surface area contributed by atoms with Crippen LogP contribution in [0.4, 0.5) is 0 Å². The molecule has 1 aromatic carbocycles. The first-order valence-corrected chi connectivity index (χ1v) is 9.66. The summed E-state index contributed by atoms with van der Waals surface area (Å²) in [7, 11) is 1.42. The number of rotatable bonds is 10. The third-order valence-electron chi connectivity index (χ3n) is 4.33. The smallest absolute Gasteiger partial charge is 0.305 e. The minimum absolute atomic E-state index is 0. The van der Waals surface area contributed by atoms with Gasteiger partial charge in [0.25, 0.3) is 0 Å². The Morgan fingerprint density at radius 1 is 1.21 bits per heavy atom. The number of methoxy groups -OCH3 is 1. The van der Waals surface area contributed by atoms with E-state index in [4.69, 9.17) is 0 Å². The van der Waals surface area contributed by atoms with Crippen molar-refractivity contribution < 1.29 is 9.53 Å². The van der Waals surface area contributed by atoms with Crippen LogP contribution in [0.3, 0.4) is 0 Å². The number of hydrogen-bond acceptors (Lipinski definition) is 4. The number of ether oxygens (including phenoxy) is 1. The molecule has 2 N–H and O–H groups in total. The lowest BCUT2D eigenvalue weighted by molar-refractivity contribution is -0.140. The summed E-state index contributed by atoms with van der Waals surface area (Å²) in [5.41, 5.74) is 2.22. The number of hydrogen-bond donors (Lipinski definition) is 2. The number of aliphatic imine (C=N–C) groups is 1. The first kappa shape index (κ1) is 24.2. The van der Waals surface area contributed by atoms with E-state index < -0.39 is 0 Å². The highest BCUT2D eigenvalue weighted by molar-refractivity contribution is 14.0. The molecule has 1 heterocycles. The highest BCUT2D eigenvalue weighted by Gasteiger charge is 2.06. The molecule has 0 aliphatic rings. The van der Waals surface area contributed by atoms with Gasteiger partial charge >= 0.3 is 5.97 Å². The van der Waals surface area contributed by atoms with E-state index in [0.29, 0.717) is 6.42 Å². The van der Waals surface area contributed by atoms with E-state index in [1.54, 1.807) is 0 Å². The van der Waals surface area contributed by atoms with Gasteiger partial charge in [0.2, 0.25) is 0 Å². The molecule has 2 rings (SSSR count). The number of unbranched alkanes of at least 4 members (excludes halogenated alkanes) is 1. The van der Waals surface area contributed by atoms with Gasteiger partial charge in [-0.05, 0) is 45.2 Å². The van der Waals surface area contributed by atoms with Crippen molar-refractivity contribution in [1.29, 1.82) is 0 Å². The summed E-state index contributed by atoms with van der Waals surface area (Å²) in [5, 5.41) is 6.57. The number of carbonyl (C=O) groups excluding carboxylic acids is 1. The van der Waals surface area contributed by atoms with Crippen LogP contribution in [-0.2, 0) is 16.1 Å². The number of fused-ring (bicyclic) bond motifs is 1. The van der Waals surface area contributed by atoms with Crippen LogP contribution in [0.2, 0.25) is 0 Å². The van der Waals surface area contributed by atoms with Gasteiger partial charge in [0.1, 0.15) is 5.82 Å². The standard InChI is InChI=1S/C20H31N5O2.HI/c1-4-21-20(22-13-8-7-12-19(26)27-3)23-14-9-15-25-16(2)24-17-10-5-6-11-18(17)25;/h5-6,10-11H,4,7-9,12-15H2,1-3H3,(H2,21,22,23);1H. The van der Waals surface area contributed by atoms with E-state index in [1.807, 2.05) is 25.1 Å². The molecule has 0 spiro atoms. The molecule has 0 unspecified atom stereocenters. The number of benzene rings is 1. The van der Waals surface area contributed by atoms with Crippen molar-refractivity contribution in [2.24, 2.45) is 4.99 Å². The second kappa shape index (κ2) is 13.4. The fourth-order valence-electron chi connectivity index (χ4n) is 2.94. The lowest BCUT2D eigenvalue weighted by Crippen LogP contribution is -2.37. The maximum absolute atomic E-state index is 11.1. The minimum atomic E-state index is -0.155. The summed E-state index contributed by atoms with van der Waals surface area (Å²) in [6, 6.07) is 8.22. The first-order chi connectivity index (χ1) is 13.2. The topological polar surface area (TPSA) is 80.5 Å². The zero-order valence-electron chi connectivity index (χ0n) is 17.0. The summed E-state index contributed by atoms with van der Waals surface area (Å²) < 4.78 is 6.89. The summed E-state index contributed by atoms with van der Waals surface area (Å²) in [6.07, 6.45) is 3.12. The summed E-state index contributed by atoms with van der Waals surface area (Å²) >= 11 is 0. The number of imidazole rings is 1. The zero-order chi connectivity index (χ0) is 19.5. The predicted molar refractivity (Wildman–Crippen MR) is 124 cm³/mol. The van der Waals surface area contributed by atoms with Gasteiger partial charge in [0, 0.05) is 32.6 Å². The van der Waals surface area contributed by atoms with Crippen molar-refractivity contribution in [3.8, 4) is 0 Å². The lowest BCUT2D eigenvalue weighted by Gasteiger charge is -2.11. The van der Waals surface area contributed by atoms with Crippen LogP contribution in [0.1, 0.15) is 38.4 Å². The third-order valence-corrected chi connectivity index (χ3v) is 4.33. The largest absolute Gasteiger partial charge is 0.469 e. The molecule has 156 valence electrons. The fourth-order valence-corrected chi connectivity index (χ4v) is 2.94. The molecule has 0 bridgehead atoms. The molecule has 8 heteroatoms. The number of nitrogens with one attached hydrogen (secondary N) is 2. The van der Waals surface area contributed by atoms with E-state index in [-0.39, 0.29) is 29.9 Å². The number of aryl methyl sites for hydroxylation is 2. The molecular weight excluding hydrogens is 469 g/mol. The first-order valence-electron chi connectivity index (χ1n) is 9.66. The normalized spacial score (nSPS) is 11.2. The Balaban J connectivity index is 0.00000392. The Hall–Kier alpha value is -1.84. The van der Waals surface area contributed by atoms with Gasteiger partial charge in [0.05, 0.1) is 18.1 Å². The monoisotopic (exact) mass is 501 g/mol. The van der Waals surface area contributed by atoms with Crippen molar-refractivity contribution in [2.75, 3.05) is 26.7 Å². The van der Waals surface area contributed by atoms with Gasteiger partial charge in [0.15, 0.2) is 5.96 Å². The summed E-state index contributed by atoms with van der Waals surface area (Å²) in [4.78, 5) is 20.3. The zero-order valence-corrected chi connectivity index (χ0v) is 19.4. The Morgan fingerprint density at radius 3 is 2.75 bits per heavy atom. The van der Waals surface area contributed by atoms with Crippen LogP contribution in [0.25, 0.3) is 11.0 Å². The van der Waals surface area contributed by atoms with E-state index in [1.165, 1.54) is 12.6 Å². The van der Waals surface area contributed by atoms with Crippen molar-refractivity contribution >= 4 is 46.9 Å². The Morgan fingerprint density at radius 2 is 2.00 bits per heavy atom. The van der Waals surface area contributed by atoms with Crippen molar-refractivity contribution in [1.82, 2.24) is 20.2 Å². The number of para-hydroxylation sites is 2. The van der Waals surface area contributed by atoms with E-state index >= 15 is 0 Å². The van der Waals surface area contributed by atoms with Gasteiger partial charge in [-0.2, -0.15) is 0 Å². The van der Waals surface area contributed by atoms with Crippen LogP contribution in [0.5, 0.6) is 0 Å². The third kappa shape index (κ3) is 7.65. The van der Waals surface area contributed by atoms with E-state index in [9.17, 15) is 4.79 Å². The fraction of sp³-hybridized carbons (Fsp3) is 0.550. The van der Waals surface area contributed by atoms with Crippen LogP contribution < -0.4 is 10.6 Å². The van der Waals surface area contributed by atoms with Crippen molar-refractivity contribution in [3.05, 3.63) is 30.1 Å². The number of esters is 1. The second-order valence-electron chi connectivity index (χ2n) is 6.37. The lowest BCUT2D eigenvalue weighted by atomic mass is 10.2. The number of aromatic nitrogens is 2. The molecule has 0 amide bonds. The number of guanidine groups is 1. The van der Waals surface area contributed by atoms with Crippen molar-refractivity contribution in [3.63, 3.8) is 0 Å². The second-order valence-corrected chi connectivity index (χ2v) is 6.37. The van der Waals surface area contributed by atoms with Crippen LogP contribution >= 0.6 is 24.0 Å². The average Bonchev–Trinajstić information content (AvgIpc) is 2.99. The molecule has 0 fully saturated rings. The highest BCUT2D eigenvalue weighted by atomic mass is 127. The minimum Gasteiger partial charge on any atom is -0.469 e. The molecule has 0 saturated carbocycles. The summed E-state index contributed by atoms with van der Waals surface area (Å²) in [5.74, 6) is 1.71. The quantitative estimate of drug-likeness (QED) is 0.172. The van der Waals surface area contributed by atoms with E-state index in [0.717, 1.165) is 62.7 Å². The molecule has 0 aliphatic heterocycles. The molecule has 0 saturated heterocycles.